The SMILES string of the molecule is CS(=O)(=O)OCC(O)CCC(N)=O. The first kappa shape index (κ1) is 12.3. The minimum absolute atomic E-state index is 0.00822. The molecular formula is C6H13NO5S. The average molecular weight is 211 g/mol. The van der Waals surface area contributed by atoms with Crippen molar-refractivity contribution in [1.29, 1.82) is 0 Å². The second kappa shape index (κ2) is 5.15. The van der Waals surface area contributed by atoms with Gasteiger partial charge in [0.15, 0.2) is 0 Å². The molecule has 0 spiro atoms. The van der Waals surface area contributed by atoms with Crippen LogP contribution < -0.4 is 5.73 Å². The van der Waals surface area contributed by atoms with Crippen molar-refractivity contribution in [1.82, 2.24) is 0 Å². The molecule has 0 aliphatic heterocycles. The predicted octanol–water partition coefficient (Wildman–Crippen LogP) is -1.41. The normalized spacial score (nSPS) is 14.0. The van der Waals surface area contributed by atoms with Crippen molar-refractivity contribution < 1.29 is 22.5 Å². The van der Waals surface area contributed by atoms with E-state index in [1.807, 2.05) is 0 Å². The lowest BCUT2D eigenvalue weighted by Crippen LogP contribution is -2.21. The summed E-state index contributed by atoms with van der Waals surface area (Å²) in [6.07, 6.45) is 0.00895. The summed E-state index contributed by atoms with van der Waals surface area (Å²) >= 11 is 0. The molecule has 0 saturated carbocycles. The molecule has 0 aromatic rings. The van der Waals surface area contributed by atoms with Crippen LogP contribution in [-0.2, 0) is 19.1 Å². The summed E-state index contributed by atoms with van der Waals surface area (Å²) in [5.74, 6) is -0.543. The second-order valence-corrected chi connectivity index (χ2v) is 4.29. The molecule has 0 fully saturated rings. The van der Waals surface area contributed by atoms with Crippen LogP contribution in [0.3, 0.4) is 0 Å². The average Bonchev–Trinajstić information content (AvgIpc) is 1.95. The number of carbonyl (C=O) groups is 1. The maximum absolute atomic E-state index is 10.4. The van der Waals surface area contributed by atoms with Gasteiger partial charge in [0.2, 0.25) is 5.91 Å². The zero-order valence-electron chi connectivity index (χ0n) is 7.26. The van der Waals surface area contributed by atoms with E-state index in [1.54, 1.807) is 0 Å². The van der Waals surface area contributed by atoms with Gasteiger partial charge in [-0.3, -0.25) is 8.98 Å². The van der Waals surface area contributed by atoms with Gasteiger partial charge in [-0.05, 0) is 6.42 Å². The molecule has 7 heteroatoms. The van der Waals surface area contributed by atoms with Crippen LogP contribution in [-0.4, -0.2) is 38.4 Å². The van der Waals surface area contributed by atoms with E-state index in [4.69, 9.17) is 10.8 Å². The summed E-state index contributed by atoms with van der Waals surface area (Å²) < 4.78 is 25.2. The molecule has 6 nitrogen and oxygen atoms in total. The van der Waals surface area contributed by atoms with Crippen LogP contribution in [0.25, 0.3) is 0 Å². The van der Waals surface area contributed by atoms with Crippen molar-refractivity contribution >= 4 is 16.0 Å². The van der Waals surface area contributed by atoms with Gasteiger partial charge in [-0.2, -0.15) is 8.42 Å². The lowest BCUT2D eigenvalue weighted by molar-refractivity contribution is -0.118. The first-order valence-electron chi connectivity index (χ1n) is 3.62. The van der Waals surface area contributed by atoms with Crippen molar-refractivity contribution in [2.24, 2.45) is 5.73 Å². The van der Waals surface area contributed by atoms with Gasteiger partial charge in [-0.1, -0.05) is 0 Å². The fourth-order valence-corrected chi connectivity index (χ4v) is 0.999. The van der Waals surface area contributed by atoms with E-state index >= 15 is 0 Å². The number of nitrogens with two attached hydrogens (primary N) is 1. The Balaban J connectivity index is 3.64. The summed E-state index contributed by atoms with van der Waals surface area (Å²) in [6.45, 7) is -0.341. The highest BCUT2D eigenvalue weighted by Gasteiger charge is 2.10. The Morgan fingerprint density at radius 1 is 1.62 bits per heavy atom. The topological polar surface area (TPSA) is 107 Å². The Bertz CT molecular complexity index is 260. The zero-order chi connectivity index (χ0) is 10.5. The Labute approximate surface area is 76.8 Å². The van der Waals surface area contributed by atoms with Crippen molar-refractivity contribution in [3.05, 3.63) is 0 Å². The lowest BCUT2D eigenvalue weighted by Gasteiger charge is -2.07. The molecule has 1 atom stereocenters. The van der Waals surface area contributed by atoms with Crippen LogP contribution in [0, 0.1) is 0 Å². The fraction of sp³-hybridized carbons (Fsp3) is 0.833. The van der Waals surface area contributed by atoms with Crippen molar-refractivity contribution in [2.75, 3.05) is 12.9 Å². The van der Waals surface area contributed by atoms with E-state index in [1.165, 1.54) is 0 Å². The minimum Gasteiger partial charge on any atom is -0.391 e. The van der Waals surface area contributed by atoms with Crippen LogP contribution in [0.4, 0.5) is 0 Å². The molecule has 3 N–H and O–H groups in total. The highest BCUT2D eigenvalue weighted by atomic mass is 32.2. The largest absolute Gasteiger partial charge is 0.391 e. The van der Waals surface area contributed by atoms with E-state index in [2.05, 4.69) is 4.18 Å². The summed E-state index contributed by atoms with van der Waals surface area (Å²) in [4.78, 5) is 10.3. The molecule has 0 aromatic carbocycles. The molecule has 0 saturated heterocycles. The number of primary amides is 1. The number of aliphatic hydroxyl groups excluding tert-OH is 1. The Morgan fingerprint density at radius 3 is 2.54 bits per heavy atom. The molecule has 0 rings (SSSR count). The highest BCUT2D eigenvalue weighted by Crippen LogP contribution is 1.99. The second-order valence-electron chi connectivity index (χ2n) is 2.65. The van der Waals surface area contributed by atoms with Crippen LogP contribution in [0.15, 0.2) is 0 Å². The summed E-state index contributed by atoms with van der Waals surface area (Å²) in [7, 11) is -3.53. The van der Waals surface area contributed by atoms with E-state index in [0.717, 1.165) is 6.26 Å². The van der Waals surface area contributed by atoms with Crippen LogP contribution in [0.2, 0.25) is 0 Å². The highest BCUT2D eigenvalue weighted by molar-refractivity contribution is 7.85. The number of hydrogen-bond donors (Lipinski definition) is 2. The molecule has 78 valence electrons. The third-order valence-electron chi connectivity index (χ3n) is 1.20. The monoisotopic (exact) mass is 211 g/mol. The third kappa shape index (κ3) is 9.25. The minimum atomic E-state index is -3.53. The Hall–Kier alpha value is -0.660. The smallest absolute Gasteiger partial charge is 0.264 e. The molecule has 0 aliphatic rings. The maximum Gasteiger partial charge on any atom is 0.264 e. The molecule has 0 radical (unpaired) electrons. The van der Waals surface area contributed by atoms with Gasteiger partial charge in [0.25, 0.3) is 10.1 Å². The quantitative estimate of drug-likeness (QED) is 0.525. The van der Waals surface area contributed by atoms with Crippen molar-refractivity contribution in [2.45, 2.75) is 18.9 Å². The number of rotatable bonds is 6. The standard InChI is InChI=1S/C6H13NO5S/c1-13(10,11)12-4-5(8)2-3-6(7)9/h5,8H,2-4H2,1H3,(H2,7,9). The van der Waals surface area contributed by atoms with Crippen molar-refractivity contribution in [3.63, 3.8) is 0 Å². The molecular weight excluding hydrogens is 198 g/mol. The first-order chi connectivity index (χ1) is 5.81. The van der Waals surface area contributed by atoms with Crippen LogP contribution >= 0.6 is 0 Å². The van der Waals surface area contributed by atoms with Gasteiger partial charge < -0.3 is 10.8 Å². The molecule has 0 heterocycles. The number of hydrogen-bond acceptors (Lipinski definition) is 5. The van der Waals surface area contributed by atoms with Gasteiger partial charge in [-0.15, -0.1) is 0 Å². The summed E-state index contributed by atoms with van der Waals surface area (Å²) in [6, 6.07) is 0. The molecule has 1 amide bonds. The molecule has 1 unspecified atom stereocenters. The maximum atomic E-state index is 10.4. The number of carbonyl (C=O) groups excluding carboxylic acids is 1. The number of aliphatic hydroxyl groups is 1. The van der Waals surface area contributed by atoms with Gasteiger partial charge in [0, 0.05) is 6.42 Å². The summed E-state index contributed by atoms with van der Waals surface area (Å²) in [5.41, 5.74) is 4.81. The lowest BCUT2D eigenvalue weighted by atomic mass is 10.2. The Morgan fingerprint density at radius 2 is 2.15 bits per heavy atom. The zero-order valence-corrected chi connectivity index (χ0v) is 8.08. The molecule has 0 bridgehead atoms. The number of amides is 1. The van der Waals surface area contributed by atoms with Gasteiger partial charge in [0.1, 0.15) is 0 Å². The molecule has 0 aromatic heterocycles. The van der Waals surface area contributed by atoms with Crippen LogP contribution in [0.5, 0.6) is 0 Å². The molecule has 13 heavy (non-hydrogen) atoms. The van der Waals surface area contributed by atoms with E-state index in [9.17, 15) is 13.2 Å². The predicted molar refractivity (Wildman–Crippen MR) is 45.2 cm³/mol. The summed E-state index contributed by atoms with van der Waals surface area (Å²) in [5, 5.41) is 9.06. The van der Waals surface area contributed by atoms with E-state index in [-0.39, 0.29) is 19.4 Å². The van der Waals surface area contributed by atoms with Gasteiger partial charge in [0.05, 0.1) is 19.0 Å². The first-order valence-corrected chi connectivity index (χ1v) is 5.43. The molecule has 0 aliphatic carbocycles. The Kier molecular flexibility index (Phi) is 4.89. The fourth-order valence-electron chi connectivity index (χ4n) is 0.594. The van der Waals surface area contributed by atoms with E-state index < -0.39 is 22.1 Å². The van der Waals surface area contributed by atoms with Crippen LogP contribution in [0.1, 0.15) is 12.8 Å². The van der Waals surface area contributed by atoms with Gasteiger partial charge in [-0.25, -0.2) is 0 Å². The van der Waals surface area contributed by atoms with Gasteiger partial charge >= 0.3 is 0 Å². The van der Waals surface area contributed by atoms with E-state index in [0.29, 0.717) is 0 Å². The third-order valence-corrected chi connectivity index (χ3v) is 1.76. The van der Waals surface area contributed by atoms with Crippen molar-refractivity contribution in [3.8, 4) is 0 Å².